The molecule has 1 heterocycles. The number of hydrogen-bond donors (Lipinski definition) is 0. The minimum Gasteiger partial charge on any atom is -0.465 e. The molecule has 0 spiro atoms. The topological polar surface area (TPSA) is 65.0 Å². The molecule has 5 nitrogen and oxygen atoms in total. The highest BCUT2D eigenvalue weighted by Crippen LogP contribution is 2.46. The highest BCUT2D eigenvalue weighted by molar-refractivity contribution is 6.34. The van der Waals surface area contributed by atoms with Crippen molar-refractivity contribution in [3.63, 3.8) is 0 Å². The summed E-state index contributed by atoms with van der Waals surface area (Å²) in [6.07, 6.45) is 4.29. The van der Waals surface area contributed by atoms with Gasteiger partial charge in [-0.15, -0.1) is 0 Å². The third-order valence-corrected chi connectivity index (χ3v) is 4.48. The lowest BCUT2D eigenvalue weighted by Gasteiger charge is -2.28. The van der Waals surface area contributed by atoms with E-state index in [1.807, 2.05) is 49.4 Å². The van der Waals surface area contributed by atoms with Gasteiger partial charge in [0.2, 0.25) is 11.5 Å². The molecule has 126 valence electrons. The Bertz CT molecular complexity index is 709. The summed E-state index contributed by atoms with van der Waals surface area (Å²) < 4.78 is 11.0. The van der Waals surface area contributed by atoms with Crippen LogP contribution in [-0.4, -0.2) is 36.4 Å². The third kappa shape index (κ3) is 2.31. The molecule has 0 saturated heterocycles. The molecule has 0 aromatic heterocycles. The highest BCUT2D eigenvalue weighted by Gasteiger charge is 2.64. The van der Waals surface area contributed by atoms with Gasteiger partial charge in [-0.1, -0.05) is 42.5 Å². The summed E-state index contributed by atoms with van der Waals surface area (Å²) in [6.45, 7) is 4.10. The van der Waals surface area contributed by atoms with E-state index >= 15 is 0 Å². The lowest BCUT2D eigenvalue weighted by molar-refractivity contribution is -0.161. The van der Waals surface area contributed by atoms with Crippen LogP contribution in [0.25, 0.3) is 0 Å². The van der Waals surface area contributed by atoms with Gasteiger partial charge in [-0.3, -0.25) is 9.59 Å². The molecule has 0 saturated carbocycles. The molecule has 2 bridgehead atoms. The Hall–Kier alpha value is -2.27. The summed E-state index contributed by atoms with van der Waals surface area (Å²) in [4.78, 5) is 30.9. The monoisotopic (exact) mass is 327 g/mol. The van der Waals surface area contributed by atoms with Gasteiger partial charge in [0.25, 0.3) is 0 Å². The second kappa shape index (κ2) is 6.32. The zero-order valence-corrected chi connectivity index (χ0v) is 14.0. The van der Waals surface area contributed by atoms with E-state index < -0.39 is 17.1 Å². The Morgan fingerprint density at radius 1 is 1.12 bits per heavy atom. The summed E-state index contributed by atoms with van der Waals surface area (Å²) in [5.41, 5.74) is -1.57. The van der Waals surface area contributed by atoms with Crippen molar-refractivity contribution in [2.75, 3.05) is 13.2 Å². The van der Waals surface area contributed by atoms with Gasteiger partial charge in [0, 0.05) is 13.0 Å². The van der Waals surface area contributed by atoms with E-state index in [1.54, 1.807) is 6.92 Å². The van der Waals surface area contributed by atoms with Crippen LogP contribution in [0.15, 0.2) is 47.5 Å². The van der Waals surface area contributed by atoms with Gasteiger partial charge in [0.1, 0.15) is 0 Å². The van der Waals surface area contributed by atoms with Gasteiger partial charge in [0.15, 0.2) is 5.41 Å². The Labute approximate surface area is 141 Å². The standard InChI is InChI=1S/C19H21NO4/c1-3-23-17(22)18-12-8-9-13-19(16(18)21,24-4-2)20-15(18)14-10-6-5-7-11-14/h5-11H,3-4,12-13H2,1-2H3/t18-,19-/m0/s1. The van der Waals surface area contributed by atoms with Crippen molar-refractivity contribution in [2.24, 2.45) is 10.4 Å². The Morgan fingerprint density at radius 2 is 1.83 bits per heavy atom. The molecule has 5 heteroatoms. The zero-order chi connectivity index (χ0) is 17.2. The molecular weight excluding hydrogens is 306 g/mol. The summed E-state index contributed by atoms with van der Waals surface area (Å²) >= 11 is 0. The molecule has 2 atom stereocenters. The maximum absolute atomic E-state index is 13.4. The van der Waals surface area contributed by atoms with Crippen LogP contribution in [-0.2, 0) is 19.1 Å². The number of esters is 1. The molecule has 0 N–H and O–H groups in total. The molecule has 1 aliphatic carbocycles. The Kier molecular flexibility index (Phi) is 4.37. The summed E-state index contributed by atoms with van der Waals surface area (Å²) in [7, 11) is 0. The number of ketones is 1. The van der Waals surface area contributed by atoms with Crippen molar-refractivity contribution >= 4 is 17.5 Å². The van der Waals surface area contributed by atoms with Gasteiger partial charge in [0.05, 0.1) is 12.3 Å². The van der Waals surface area contributed by atoms with Crippen molar-refractivity contribution in [1.82, 2.24) is 0 Å². The molecule has 0 unspecified atom stereocenters. The number of ether oxygens (including phenoxy) is 2. The number of hydrogen-bond acceptors (Lipinski definition) is 5. The fraction of sp³-hybridized carbons (Fsp3) is 0.421. The number of benzene rings is 1. The molecular formula is C19H21NO4. The van der Waals surface area contributed by atoms with Crippen molar-refractivity contribution in [2.45, 2.75) is 32.4 Å². The minimum absolute atomic E-state index is 0.210. The molecule has 3 rings (SSSR count). The molecule has 0 fully saturated rings. The van der Waals surface area contributed by atoms with Gasteiger partial charge < -0.3 is 9.47 Å². The largest absolute Gasteiger partial charge is 0.465 e. The van der Waals surface area contributed by atoms with Crippen molar-refractivity contribution in [3.8, 4) is 0 Å². The lowest BCUT2D eigenvalue weighted by Crippen LogP contribution is -2.50. The Balaban J connectivity index is 2.21. The van der Waals surface area contributed by atoms with E-state index in [9.17, 15) is 9.59 Å². The van der Waals surface area contributed by atoms with E-state index in [0.717, 1.165) is 5.56 Å². The van der Waals surface area contributed by atoms with Gasteiger partial charge >= 0.3 is 5.97 Å². The first kappa shape index (κ1) is 16.6. The highest BCUT2D eigenvalue weighted by atomic mass is 16.5. The van der Waals surface area contributed by atoms with Crippen LogP contribution in [0.4, 0.5) is 0 Å². The second-order valence-electron chi connectivity index (χ2n) is 5.88. The molecule has 24 heavy (non-hydrogen) atoms. The average Bonchev–Trinajstić information content (AvgIpc) is 2.73. The first-order chi connectivity index (χ1) is 11.6. The number of allylic oxidation sites excluding steroid dienone is 1. The maximum atomic E-state index is 13.4. The normalized spacial score (nSPS) is 28.4. The van der Waals surface area contributed by atoms with Gasteiger partial charge in [-0.25, -0.2) is 4.99 Å². The van der Waals surface area contributed by atoms with Crippen molar-refractivity contribution in [1.29, 1.82) is 0 Å². The SMILES string of the molecule is CCOC(=O)[C@@]12CC=CC[C@@](OCC)(N=C1c1ccccc1)C2=O. The van der Waals surface area contributed by atoms with Crippen LogP contribution in [0.1, 0.15) is 32.3 Å². The fourth-order valence-electron chi connectivity index (χ4n) is 3.43. The number of carbonyl (C=O) groups excluding carboxylic acids is 2. The number of carbonyl (C=O) groups is 2. The van der Waals surface area contributed by atoms with Crippen LogP contribution < -0.4 is 0 Å². The molecule has 1 aromatic rings. The molecule has 0 radical (unpaired) electrons. The van der Waals surface area contributed by atoms with Crippen LogP contribution in [0.3, 0.4) is 0 Å². The quantitative estimate of drug-likeness (QED) is 0.474. The lowest BCUT2D eigenvalue weighted by atomic mass is 9.74. The number of Topliss-reactive ketones (excluding diaryl/α,β-unsaturated/α-hetero) is 1. The average molecular weight is 327 g/mol. The smallest absolute Gasteiger partial charge is 0.326 e. The zero-order valence-electron chi connectivity index (χ0n) is 14.0. The predicted octanol–water partition coefficient (Wildman–Crippen LogP) is 2.69. The number of fused-ring (bicyclic) bond motifs is 2. The fourth-order valence-corrected chi connectivity index (χ4v) is 3.43. The third-order valence-electron chi connectivity index (χ3n) is 4.48. The van der Waals surface area contributed by atoms with Crippen molar-refractivity contribution in [3.05, 3.63) is 48.0 Å². The number of nitrogens with zero attached hydrogens (tertiary/aromatic N) is 1. The minimum atomic E-state index is -1.43. The molecule has 1 aliphatic heterocycles. The van der Waals surface area contributed by atoms with Crippen LogP contribution in [0.2, 0.25) is 0 Å². The van der Waals surface area contributed by atoms with E-state index in [-0.39, 0.29) is 18.8 Å². The van der Waals surface area contributed by atoms with E-state index in [2.05, 4.69) is 4.99 Å². The summed E-state index contributed by atoms with van der Waals surface area (Å²) in [5.74, 6) is -0.870. The second-order valence-corrected chi connectivity index (χ2v) is 5.88. The molecule has 2 aliphatic rings. The molecule has 0 amide bonds. The predicted molar refractivity (Wildman–Crippen MR) is 89.8 cm³/mol. The Morgan fingerprint density at radius 3 is 2.50 bits per heavy atom. The van der Waals surface area contributed by atoms with E-state index in [0.29, 0.717) is 18.7 Å². The van der Waals surface area contributed by atoms with E-state index in [1.165, 1.54) is 0 Å². The number of rotatable bonds is 5. The van der Waals surface area contributed by atoms with Crippen molar-refractivity contribution < 1.29 is 19.1 Å². The maximum Gasteiger partial charge on any atom is 0.326 e. The first-order valence-electron chi connectivity index (χ1n) is 8.27. The van der Waals surface area contributed by atoms with Crippen LogP contribution in [0.5, 0.6) is 0 Å². The van der Waals surface area contributed by atoms with Gasteiger partial charge in [-0.05, 0) is 25.8 Å². The van der Waals surface area contributed by atoms with E-state index in [4.69, 9.17) is 9.47 Å². The molecule has 1 aromatic carbocycles. The first-order valence-corrected chi connectivity index (χ1v) is 8.27. The summed E-state index contributed by atoms with van der Waals surface area (Å²) in [6, 6.07) is 9.32. The number of aliphatic imine (C=N–C) groups is 1. The van der Waals surface area contributed by atoms with Crippen LogP contribution in [0, 0.1) is 5.41 Å². The van der Waals surface area contributed by atoms with Gasteiger partial charge in [-0.2, -0.15) is 0 Å². The summed E-state index contributed by atoms with van der Waals surface area (Å²) in [5, 5.41) is 0. The van der Waals surface area contributed by atoms with Crippen LogP contribution >= 0.6 is 0 Å².